The lowest BCUT2D eigenvalue weighted by molar-refractivity contribution is 0.627. The first-order valence-corrected chi connectivity index (χ1v) is 7.54. The van der Waals surface area contributed by atoms with Gasteiger partial charge in [0.1, 0.15) is 5.82 Å². The van der Waals surface area contributed by atoms with Crippen LogP contribution in [0, 0.1) is 5.82 Å². The second-order valence-electron chi connectivity index (χ2n) is 4.13. The van der Waals surface area contributed by atoms with E-state index in [2.05, 4.69) is 4.99 Å². The highest BCUT2D eigenvalue weighted by Crippen LogP contribution is 2.47. The first kappa shape index (κ1) is 11.8. The Bertz CT molecular complexity index is 610. The predicted molar refractivity (Wildman–Crippen MR) is 77.0 cm³/mol. The van der Waals surface area contributed by atoms with E-state index in [0.717, 1.165) is 21.4 Å². The van der Waals surface area contributed by atoms with Crippen molar-refractivity contribution in [1.29, 1.82) is 0 Å². The maximum Gasteiger partial charge on any atom is 0.125 e. The van der Waals surface area contributed by atoms with Crippen molar-refractivity contribution in [3.05, 3.63) is 58.9 Å². The van der Waals surface area contributed by atoms with Gasteiger partial charge in [0.2, 0.25) is 0 Å². The summed E-state index contributed by atoms with van der Waals surface area (Å²) in [5.41, 5.74) is 3.96. The maximum absolute atomic E-state index is 13.1. The van der Waals surface area contributed by atoms with Crippen molar-refractivity contribution in [1.82, 2.24) is 0 Å². The minimum atomic E-state index is -0.461. The lowest BCUT2D eigenvalue weighted by atomic mass is 10.2. The van der Waals surface area contributed by atoms with Crippen LogP contribution >= 0.6 is 22.5 Å². The third-order valence-electron chi connectivity index (χ3n) is 2.85. The van der Waals surface area contributed by atoms with Gasteiger partial charge in [-0.25, -0.2) is 4.39 Å². The van der Waals surface area contributed by atoms with Crippen molar-refractivity contribution in [3.8, 4) is 0 Å². The van der Waals surface area contributed by atoms with Gasteiger partial charge in [-0.2, -0.15) is 10.9 Å². The van der Waals surface area contributed by atoms with E-state index in [9.17, 15) is 4.39 Å². The number of rotatable bonds is 2. The third-order valence-corrected chi connectivity index (χ3v) is 5.20. The molecule has 0 saturated heterocycles. The molecule has 0 radical (unpaired) electrons. The van der Waals surface area contributed by atoms with Gasteiger partial charge in [-0.15, -0.1) is 0 Å². The molecule has 0 N–H and O–H groups in total. The smallest absolute Gasteiger partial charge is 0.125 e. The molecule has 2 aromatic carbocycles. The summed E-state index contributed by atoms with van der Waals surface area (Å²) < 4.78 is 13.1. The van der Waals surface area contributed by atoms with E-state index in [1.165, 1.54) is 17.7 Å². The summed E-state index contributed by atoms with van der Waals surface area (Å²) in [6.45, 7) is 0. The number of fused-ring (bicyclic) bond motifs is 1. The predicted octanol–water partition coefficient (Wildman–Crippen LogP) is 4.71. The maximum atomic E-state index is 13.1. The molecule has 1 atom stereocenters. The summed E-state index contributed by atoms with van der Waals surface area (Å²) in [5.74, 6) is 0.698. The van der Waals surface area contributed by atoms with Gasteiger partial charge in [0.15, 0.2) is 0 Å². The zero-order chi connectivity index (χ0) is 12.5. The Morgan fingerprint density at radius 1 is 1.11 bits per heavy atom. The van der Waals surface area contributed by atoms with Gasteiger partial charge in [-0.1, -0.05) is 23.7 Å². The molecule has 1 heterocycles. The van der Waals surface area contributed by atoms with Gasteiger partial charge in [0.25, 0.3) is 0 Å². The Balaban J connectivity index is 1.85. The number of benzene rings is 2. The minimum Gasteiger partial charge on any atom is -0.250 e. The Kier molecular flexibility index (Phi) is 3.10. The molecule has 0 aromatic heterocycles. The van der Waals surface area contributed by atoms with E-state index in [4.69, 9.17) is 11.6 Å². The Morgan fingerprint density at radius 2 is 1.89 bits per heavy atom. The van der Waals surface area contributed by atoms with Gasteiger partial charge >= 0.3 is 0 Å². The monoisotopic (exact) mass is 279 g/mol. The topological polar surface area (TPSA) is 12.4 Å². The lowest BCUT2D eigenvalue weighted by Gasteiger charge is -2.13. The molecular weight excluding hydrogens is 269 g/mol. The van der Waals surface area contributed by atoms with Gasteiger partial charge in [-0.05, 0) is 29.8 Å². The van der Waals surface area contributed by atoms with Crippen molar-refractivity contribution < 1.29 is 4.39 Å². The number of hydrogen-bond donors (Lipinski definition) is 1. The number of thiol groups is 1. The van der Waals surface area contributed by atoms with E-state index in [1.54, 1.807) is 0 Å². The molecule has 0 aliphatic carbocycles. The molecule has 4 heteroatoms. The van der Waals surface area contributed by atoms with Gasteiger partial charge in [0, 0.05) is 27.3 Å². The summed E-state index contributed by atoms with van der Waals surface area (Å²) >= 11 is 5.86. The molecule has 0 spiro atoms. The average molecular weight is 280 g/mol. The number of aliphatic imine (C=N–C) groups is 1. The minimum absolute atomic E-state index is 0.228. The number of hydrogen-bond acceptors (Lipinski definition) is 1. The van der Waals surface area contributed by atoms with Crippen LogP contribution in [0.2, 0.25) is 5.02 Å². The van der Waals surface area contributed by atoms with E-state index in [1.807, 2.05) is 35.9 Å². The summed E-state index contributed by atoms with van der Waals surface area (Å²) in [6, 6.07) is 12.7. The summed E-state index contributed by atoms with van der Waals surface area (Å²) in [4.78, 5) is 5.45. The fourth-order valence-electron chi connectivity index (χ4n) is 1.95. The fraction of sp³-hybridized carbons (Fsp3) is 0.0714. The molecule has 3 rings (SSSR count). The molecule has 18 heavy (non-hydrogen) atoms. The first-order chi connectivity index (χ1) is 8.72. The Hall–Kier alpha value is -1.32. The van der Waals surface area contributed by atoms with Gasteiger partial charge in [-0.3, -0.25) is 4.99 Å². The zero-order valence-corrected chi connectivity index (χ0v) is 11.1. The van der Waals surface area contributed by atoms with Crippen LogP contribution in [0.1, 0.15) is 5.56 Å². The fourth-order valence-corrected chi connectivity index (χ4v) is 4.00. The molecule has 1 aliphatic rings. The van der Waals surface area contributed by atoms with Crippen LogP contribution in [-0.4, -0.2) is 5.55 Å². The highest BCUT2D eigenvalue weighted by atomic mass is 35.5. The van der Waals surface area contributed by atoms with Crippen LogP contribution in [0.25, 0.3) is 0 Å². The molecular formula is C14H11ClFNS. The molecule has 92 valence electrons. The normalized spacial score (nSPS) is 18.9. The second-order valence-corrected chi connectivity index (χ2v) is 6.54. The summed E-state index contributed by atoms with van der Waals surface area (Å²) in [7, 11) is -0.461. The van der Waals surface area contributed by atoms with Crippen LogP contribution in [-0.2, 0) is 5.75 Å². The SMILES string of the molecule is Fc1ccc2c(c1)N=C[SH]2Cc1ccc(Cl)cc1. The standard InChI is InChI=1S/C14H11ClFNS/c15-11-3-1-10(2-4-11)8-18-9-17-13-7-12(16)5-6-14(13)18/h1-7,9,18H,8H2. The molecule has 1 unspecified atom stereocenters. The highest BCUT2D eigenvalue weighted by molar-refractivity contribution is 8.28. The summed E-state index contributed by atoms with van der Waals surface area (Å²) in [6.07, 6.45) is 0. The molecule has 1 aliphatic heterocycles. The van der Waals surface area contributed by atoms with E-state index in [0.29, 0.717) is 0 Å². The van der Waals surface area contributed by atoms with E-state index >= 15 is 0 Å². The van der Waals surface area contributed by atoms with E-state index in [-0.39, 0.29) is 5.82 Å². The van der Waals surface area contributed by atoms with Crippen LogP contribution < -0.4 is 0 Å². The van der Waals surface area contributed by atoms with Crippen molar-refractivity contribution in [2.45, 2.75) is 10.6 Å². The van der Waals surface area contributed by atoms with Crippen LogP contribution in [0.15, 0.2) is 52.4 Å². The van der Waals surface area contributed by atoms with Crippen molar-refractivity contribution >= 4 is 33.7 Å². The van der Waals surface area contributed by atoms with Crippen LogP contribution in [0.5, 0.6) is 0 Å². The Labute approximate surface area is 113 Å². The van der Waals surface area contributed by atoms with Gasteiger partial charge < -0.3 is 0 Å². The first-order valence-electron chi connectivity index (χ1n) is 5.57. The molecule has 0 saturated carbocycles. The molecule has 0 amide bonds. The average Bonchev–Trinajstić information content (AvgIpc) is 2.74. The number of halogens is 2. The van der Waals surface area contributed by atoms with Crippen LogP contribution in [0.3, 0.4) is 0 Å². The number of nitrogens with zero attached hydrogens (tertiary/aromatic N) is 1. The summed E-state index contributed by atoms with van der Waals surface area (Å²) in [5, 5.41) is 0.745. The highest BCUT2D eigenvalue weighted by Gasteiger charge is 2.16. The van der Waals surface area contributed by atoms with Crippen molar-refractivity contribution in [2.75, 3.05) is 0 Å². The second kappa shape index (κ2) is 4.75. The Morgan fingerprint density at radius 3 is 2.67 bits per heavy atom. The third kappa shape index (κ3) is 2.28. The molecule has 1 nitrogen and oxygen atoms in total. The quantitative estimate of drug-likeness (QED) is 0.764. The molecule has 0 fully saturated rings. The largest absolute Gasteiger partial charge is 0.250 e. The van der Waals surface area contributed by atoms with Crippen molar-refractivity contribution in [3.63, 3.8) is 0 Å². The van der Waals surface area contributed by atoms with Crippen molar-refractivity contribution in [2.24, 2.45) is 4.99 Å². The van der Waals surface area contributed by atoms with Gasteiger partial charge in [0.05, 0.1) is 5.69 Å². The molecule has 2 aromatic rings. The van der Waals surface area contributed by atoms with Crippen LogP contribution in [0.4, 0.5) is 10.1 Å². The van der Waals surface area contributed by atoms with E-state index < -0.39 is 10.9 Å². The lowest BCUT2D eigenvalue weighted by Crippen LogP contribution is -1.87. The zero-order valence-electron chi connectivity index (χ0n) is 9.48. The molecule has 0 bridgehead atoms.